The van der Waals surface area contributed by atoms with Gasteiger partial charge in [0.25, 0.3) is 18.2 Å². The number of nitrogens with one attached hydrogen (secondary N) is 2. The minimum absolute atomic E-state index is 0.0245. The lowest BCUT2D eigenvalue weighted by atomic mass is 9.95. The fourth-order valence-corrected chi connectivity index (χ4v) is 2.54. The van der Waals surface area contributed by atoms with Crippen LogP contribution in [-0.4, -0.2) is 47.3 Å². The summed E-state index contributed by atoms with van der Waals surface area (Å²) in [5.74, 6) is 9.36. The van der Waals surface area contributed by atoms with Gasteiger partial charge in [-0.1, -0.05) is 18.1 Å². The van der Waals surface area contributed by atoms with E-state index in [0.29, 0.717) is 23.8 Å². The van der Waals surface area contributed by atoms with E-state index in [1.54, 1.807) is 12.1 Å². The second kappa shape index (κ2) is 10.9. The van der Waals surface area contributed by atoms with E-state index in [1.807, 2.05) is 17.4 Å². The molecule has 7 nitrogen and oxygen atoms in total. The molecule has 2 atom stereocenters. The number of halogens is 2. The Morgan fingerprint density at radius 3 is 2.28 bits per heavy atom. The van der Waals surface area contributed by atoms with Gasteiger partial charge in [0.1, 0.15) is 11.8 Å². The molecular formula is C23H20F2N2O5. The predicted molar refractivity (Wildman–Crippen MR) is 111 cm³/mol. The number of aliphatic hydroxyl groups is 1. The lowest BCUT2D eigenvalue weighted by molar-refractivity contribution is -0.149. The molecule has 0 aliphatic heterocycles. The van der Waals surface area contributed by atoms with Crippen LogP contribution in [0.2, 0.25) is 0 Å². The summed E-state index contributed by atoms with van der Waals surface area (Å²) < 4.78 is 31.3. The number of carbonyl (C=O) groups excluding carboxylic acids is 2. The molecule has 2 aromatic rings. The number of benzene rings is 2. The van der Waals surface area contributed by atoms with Gasteiger partial charge in [-0.25, -0.2) is 14.3 Å². The van der Waals surface area contributed by atoms with Crippen molar-refractivity contribution < 1.29 is 33.4 Å². The Balaban J connectivity index is 2.12. The lowest BCUT2D eigenvalue weighted by Gasteiger charge is -2.30. The summed E-state index contributed by atoms with van der Waals surface area (Å²) in [4.78, 5) is 24.0. The number of hydroxylamine groups is 1. The average Bonchev–Trinajstić information content (AvgIpc) is 2.80. The molecule has 0 saturated heterocycles. The van der Waals surface area contributed by atoms with Crippen LogP contribution in [0.5, 0.6) is 5.75 Å². The number of alkyl halides is 2. The first-order valence-corrected chi connectivity index (χ1v) is 9.21. The quantitative estimate of drug-likeness (QED) is 0.310. The van der Waals surface area contributed by atoms with Crippen LogP contribution < -0.4 is 15.5 Å². The van der Waals surface area contributed by atoms with Crippen molar-refractivity contribution in [2.75, 3.05) is 7.11 Å². The predicted octanol–water partition coefficient (Wildman–Crippen LogP) is 1.72. The zero-order valence-corrected chi connectivity index (χ0v) is 17.1. The molecule has 0 fully saturated rings. The van der Waals surface area contributed by atoms with Gasteiger partial charge in [0.15, 0.2) is 5.60 Å². The van der Waals surface area contributed by atoms with Crippen molar-refractivity contribution in [1.82, 2.24) is 10.8 Å². The van der Waals surface area contributed by atoms with Gasteiger partial charge in [0.2, 0.25) is 0 Å². The van der Waals surface area contributed by atoms with Crippen LogP contribution in [0.25, 0.3) is 0 Å². The zero-order valence-electron chi connectivity index (χ0n) is 17.1. The molecule has 2 rings (SSSR count). The van der Waals surface area contributed by atoms with Crippen LogP contribution in [0, 0.1) is 23.7 Å². The Bertz CT molecular complexity index is 1090. The summed E-state index contributed by atoms with van der Waals surface area (Å²) in [6.45, 7) is 0.669. The van der Waals surface area contributed by atoms with Gasteiger partial charge in [0, 0.05) is 11.1 Å². The van der Waals surface area contributed by atoms with Crippen LogP contribution >= 0.6 is 0 Å². The highest BCUT2D eigenvalue weighted by molar-refractivity contribution is 5.97. The van der Waals surface area contributed by atoms with Crippen LogP contribution in [0.3, 0.4) is 0 Å². The van der Waals surface area contributed by atoms with E-state index >= 15 is 0 Å². The van der Waals surface area contributed by atoms with E-state index in [9.17, 15) is 23.5 Å². The molecule has 0 spiro atoms. The van der Waals surface area contributed by atoms with Crippen LogP contribution in [0.4, 0.5) is 8.78 Å². The third-order valence-corrected chi connectivity index (χ3v) is 4.39. The van der Waals surface area contributed by atoms with Gasteiger partial charge >= 0.3 is 0 Å². The van der Waals surface area contributed by atoms with E-state index in [2.05, 4.69) is 23.7 Å². The SMILES string of the molecule is COc1ccccc1C#CC#Cc1ccc(C(=O)N[C@H](C(=O)NO)C(C)(O)C(F)F)cc1. The number of para-hydroxylation sites is 1. The van der Waals surface area contributed by atoms with Gasteiger partial charge in [-0.15, -0.1) is 0 Å². The first-order valence-electron chi connectivity index (χ1n) is 9.21. The summed E-state index contributed by atoms with van der Waals surface area (Å²) in [7, 11) is 1.54. The monoisotopic (exact) mass is 442 g/mol. The molecule has 0 bridgehead atoms. The van der Waals surface area contributed by atoms with E-state index in [0.717, 1.165) is 5.48 Å². The molecule has 2 amide bonds. The molecule has 0 aliphatic rings. The van der Waals surface area contributed by atoms with Crippen LogP contribution in [-0.2, 0) is 4.79 Å². The summed E-state index contributed by atoms with van der Waals surface area (Å²) in [5.41, 5.74) is -0.525. The summed E-state index contributed by atoms with van der Waals surface area (Å²) >= 11 is 0. The van der Waals surface area contributed by atoms with Crippen molar-refractivity contribution >= 4 is 11.8 Å². The topological polar surface area (TPSA) is 108 Å². The molecule has 9 heteroatoms. The number of rotatable bonds is 6. The summed E-state index contributed by atoms with van der Waals surface area (Å²) in [5, 5.41) is 20.6. The van der Waals surface area contributed by atoms with E-state index in [4.69, 9.17) is 9.94 Å². The molecule has 0 aliphatic carbocycles. The van der Waals surface area contributed by atoms with Crippen LogP contribution in [0.15, 0.2) is 48.5 Å². The molecule has 2 aromatic carbocycles. The van der Waals surface area contributed by atoms with E-state index < -0.39 is 29.9 Å². The maximum atomic E-state index is 13.1. The van der Waals surface area contributed by atoms with Crippen molar-refractivity contribution in [3.63, 3.8) is 0 Å². The highest BCUT2D eigenvalue weighted by Gasteiger charge is 2.46. The second-order valence-corrected chi connectivity index (χ2v) is 6.69. The smallest absolute Gasteiger partial charge is 0.269 e. The fraction of sp³-hybridized carbons (Fsp3) is 0.217. The molecule has 166 valence electrons. The third-order valence-electron chi connectivity index (χ3n) is 4.39. The Morgan fingerprint density at radius 1 is 1.06 bits per heavy atom. The van der Waals surface area contributed by atoms with Gasteiger partial charge in [-0.05, 0) is 61.1 Å². The summed E-state index contributed by atoms with van der Waals surface area (Å²) in [6.07, 6.45) is -3.36. The maximum Gasteiger partial charge on any atom is 0.269 e. The zero-order chi connectivity index (χ0) is 23.7. The van der Waals surface area contributed by atoms with Crippen LogP contribution in [0.1, 0.15) is 28.4 Å². The molecule has 32 heavy (non-hydrogen) atoms. The van der Waals surface area contributed by atoms with Crippen molar-refractivity contribution in [3.05, 3.63) is 65.2 Å². The number of hydrogen-bond donors (Lipinski definition) is 4. The number of carbonyl (C=O) groups is 2. The normalized spacial score (nSPS) is 12.8. The second-order valence-electron chi connectivity index (χ2n) is 6.69. The lowest BCUT2D eigenvalue weighted by Crippen LogP contribution is -2.61. The standard InChI is InChI=1S/C23H20F2N2O5/c1-23(30,22(24)25)19(21(29)27-31)26-20(28)17-13-11-15(12-14-17)7-3-4-8-16-9-5-6-10-18(16)32-2/h5-6,9-14,19,22,30-31H,1-2H3,(H,26,28)(H,27,29)/t19-,23?/m1/s1. The molecule has 4 N–H and O–H groups in total. The molecule has 1 unspecified atom stereocenters. The molecule has 0 aromatic heterocycles. The number of hydrogen-bond acceptors (Lipinski definition) is 5. The number of amides is 2. The number of methoxy groups -OCH3 is 1. The number of ether oxygens (including phenoxy) is 1. The largest absolute Gasteiger partial charge is 0.495 e. The van der Waals surface area contributed by atoms with Gasteiger partial charge in [-0.2, -0.15) is 0 Å². The molecule has 0 radical (unpaired) electrons. The maximum absolute atomic E-state index is 13.1. The molecule has 0 heterocycles. The third kappa shape index (κ3) is 6.05. The first-order chi connectivity index (χ1) is 15.2. The highest BCUT2D eigenvalue weighted by atomic mass is 19.3. The molecule has 0 saturated carbocycles. The minimum Gasteiger partial charge on any atom is -0.495 e. The Labute approximate surface area is 183 Å². The van der Waals surface area contributed by atoms with Crippen molar-refractivity contribution in [2.45, 2.75) is 25.0 Å². The molecular weight excluding hydrogens is 422 g/mol. The Morgan fingerprint density at radius 2 is 1.69 bits per heavy atom. The fourth-order valence-electron chi connectivity index (χ4n) is 2.54. The average molecular weight is 442 g/mol. The Kier molecular flexibility index (Phi) is 8.31. The van der Waals surface area contributed by atoms with Crippen molar-refractivity contribution in [3.8, 4) is 29.4 Å². The minimum atomic E-state index is -3.36. The van der Waals surface area contributed by atoms with Gasteiger partial charge in [0.05, 0.1) is 12.7 Å². The Hall–Kier alpha value is -3.92. The van der Waals surface area contributed by atoms with Crippen molar-refractivity contribution in [2.24, 2.45) is 0 Å². The van der Waals surface area contributed by atoms with Gasteiger partial charge < -0.3 is 15.2 Å². The highest BCUT2D eigenvalue weighted by Crippen LogP contribution is 2.20. The van der Waals surface area contributed by atoms with Crippen molar-refractivity contribution in [1.29, 1.82) is 0 Å². The first kappa shape index (κ1) is 24.4. The summed E-state index contributed by atoms with van der Waals surface area (Å²) in [6, 6.07) is 10.8. The van der Waals surface area contributed by atoms with E-state index in [-0.39, 0.29) is 5.56 Å². The van der Waals surface area contributed by atoms with Gasteiger partial charge in [-0.3, -0.25) is 14.8 Å². The van der Waals surface area contributed by atoms with E-state index in [1.165, 1.54) is 31.4 Å².